The van der Waals surface area contributed by atoms with E-state index in [9.17, 15) is 4.79 Å². The average molecular weight is 311 g/mol. The summed E-state index contributed by atoms with van der Waals surface area (Å²) in [4.78, 5) is 18.8. The van der Waals surface area contributed by atoms with Gasteiger partial charge in [0.25, 0.3) is 0 Å². The van der Waals surface area contributed by atoms with Crippen molar-refractivity contribution in [2.75, 3.05) is 19.0 Å². The van der Waals surface area contributed by atoms with Crippen molar-refractivity contribution in [1.29, 1.82) is 0 Å². The molecule has 0 radical (unpaired) electrons. The van der Waals surface area contributed by atoms with Crippen LogP contribution in [0.5, 0.6) is 0 Å². The number of rotatable bonds is 5. The Kier molecular flexibility index (Phi) is 4.51. The summed E-state index contributed by atoms with van der Waals surface area (Å²) in [6, 6.07) is 4.01. The van der Waals surface area contributed by atoms with Crippen LogP contribution < -0.4 is 10.2 Å². The van der Waals surface area contributed by atoms with Crippen molar-refractivity contribution in [3.8, 4) is 0 Å². The third-order valence-corrected chi connectivity index (χ3v) is 4.83. The molecule has 1 heterocycles. The second-order valence-electron chi connectivity index (χ2n) is 6.79. The zero-order valence-corrected chi connectivity index (χ0v) is 14.1. The molecule has 1 saturated carbocycles. The average Bonchev–Trinajstić information content (AvgIpc) is 3.36. The van der Waals surface area contributed by atoms with Gasteiger partial charge in [-0.3, -0.25) is 4.79 Å². The third kappa shape index (κ3) is 3.63. The third-order valence-electron chi connectivity index (χ3n) is 4.83. The summed E-state index contributed by atoms with van der Waals surface area (Å²) >= 11 is 0. The lowest BCUT2D eigenvalue weighted by molar-refractivity contribution is -0.123. The van der Waals surface area contributed by atoms with Crippen LogP contribution >= 0.6 is 0 Å². The van der Waals surface area contributed by atoms with E-state index in [4.69, 9.17) is 0 Å². The molecule has 0 saturated heterocycles. The molecule has 1 amide bonds. The number of nitrogens with zero attached hydrogens (tertiary/aromatic N) is 2. The van der Waals surface area contributed by atoms with Gasteiger partial charge in [0.05, 0.1) is 6.04 Å². The Morgan fingerprint density at radius 3 is 2.78 bits per heavy atom. The highest BCUT2D eigenvalue weighted by Gasteiger charge is 2.46. The molecule has 23 heavy (non-hydrogen) atoms. The summed E-state index contributed by atoms with van der Waals surface area (Å²) in [5, 5.41) is 3.14. The highest BCUT2D eigenvalue weighted by Crippen LogP contribution is 2.47. The summed E-state index contributed by atoms with van der Waals surface area (Å²) in [7, 11) is 3.94. The predicted molar refractivity (Wildman–Crippen MR) is 93.1 cm³/mol. The molecule has 1 unspecified atom stereocenters. The Labute approximate surface area is 138 Å². The van der Waals surface area contributed by atoms with Gasteiger partial charge in [-0.2, -0.15) is 0 Å². The fraction of sp³-hybridized carbons (Fsp3) is 0.474. The van der Waals surface area contributed by atoms with Gasteiger partial charge in [-0.05, 0) is 43.2 Å². The van der Waals surface area contributed by atoms with Gasteiger partial charge in [0.1, 0.15) is 5.82 Å². The monoisotopic (exact) mass is 311 g/mol. The first-order valence-electron chi connectivity index (χ1n) is 8.33. The molecule has 4 atom stereocenters. The van der Waals surface area contributed by atoms with Crippen LogP contribution in [0, 0.1) is 17.8 Å². The minimum Gasteiger partial charge on any atom is -0.363 e. The highest BCUT2D eigenvalue weighted by molar-refractivity contribution is 5.82. The Morgan fingerprint density at radius 1 is 1.35 bits per heavy atom. The highest BCUT2D eigenvalue weighted by atomic mass is 16.2. The Balaban J connectivity index is 1.54. The molecule has 0 aromatic carbocycles. The van der Waals surface area contributed by atoms with E-state index in [2.05, 4.69) is 34.6 Å². The van der Waals surface area contributed by atoms with E-state index < -0.39 is 0 Å². The van der Waals surface area contributed by atoms with Crippen LogP contribution in [0.1, 0.15) is 31.4 Å². The first-order chi connectivity index (χ1) is 11.1. The van der Waals surface area contributed by atoms with Crippen molar-refractivity contribution in [3.05, 3.63) is 48.2 Å². The second-order valence-corrected chi connectivity index (χ2v) is 6.79. The quantitative estimate of drug-likeness (QED) is 0.909. The number of carbonyl (C=O) groups excluding carboxylic acids is 1. The van der Waals surface area contributed by atoms with E-state index in [1.165, 1.54) is 0 Å². The molecule has 2 aliphatic carbocycles. The smallest absolute Gasteiger partial charge is 0.223 e. The van der Waals surface area contributed by atoms with Crippen molar-refractivity contribution < 1.29 is 4.79 Å². The van der Waals surface area contributed by atoms with E-state index in [1.54, 1.807) is 0 Å². The van der Waals surface area contributed by atoms with Crippen LogP contribution in [0.3, 0.4) is 0 Å². The number of carbonyl (C=O) groups is 1. The zero-order valence-electron chi connectivity index (χ0n) is 14.1. The lowest BCUT2D eigenvalue weighted by Gasteiger charge is -2.17. The van der Waals surface area contributed by atoms with Gasteiger partial charge in [0.15, 0.2) is 0 Å². The number of hydrogen-bond donors (Lipinski definition) is 1. The molecule has 0 bridgehead atoms. The lowest BCUT2D eigenvalue weighted by Crippen LogP contribution is -2.29. The Hall–Kier alpha value is -2.10. The van der Waals surface area contributed by atoms with Crippen molar-refractivity contribution in [3.63, 3.8) is 0 Å². The molecule has 4 nitrogen and oxygen atoms in total. The molecule has 1 N–H and O–H groups in total. The first kappa shape index (κ1) is 15.8. The molecular formula is C19H25N3O. The molecule has 122 valence electrons. The van der Waals surface area contributed by atoms with Gasteiger partial charge < -0.3 is 10.2 Å². The van der Waals surface area contributed by atoms with Gasteiger partial charge in [0, 0.05) is 26.2 Å². The number of anilines is 1. The fourth-order valence-corrected chi connectivity index (χ4v) is 3.23. The van der Waals surface area contributed by atoms with E-state index in [1.807, 2.05) is 44.2 Å². The van der Waals surface area contributed by atoms with Crippen LogP contribution in [-0.4, -0.2) is 25.0 Å². The van der Waals surface area contributed by atoms with Gasteiger partial charge in [-0.15, -0.1) is 0 Å². The fourth-order valence-electron chi connectivity index (χ4n) is 3.23. The van der Waals surface area contributed by atoms with Crippen molar-refractivity contribution in [2.45, 2.75) is 25.8 Å². The number of aromatic nitrogens is 1. The van der Waals surface area contributed by atoms with Gasteiger partial charge in [-0.25, -0.2) is 4.98 Å². The molecule has 3 rings (SSSR count). The molecular weight excluding hydrogens is 286 g/mol. The molecule has 1 aromatic heterocycles. The molecule has 1 aromatic rings. The maximum atomic E-state index is 12.4. The number of amides is 1. The van der Waals surface area contributed by atoms with Crippen molar-refractivity contribution in [1.82, 2.24) is 10.3 Å². The van der Waals surface area contributed by atoms with E-state index >= 15 is 0 Å². The van der Waals surface area contributed by atoms with Crippen LogP contribution in [0.4, 0.5) is 5.82 Å². The molecule has 0 aliphatic heterocycles. The maximum Gasteiger partial charge on any atom is 0.223 e. The SMILES string of the molecule is C[C@H](NC(=O)[C@H]1C[C@@H]1C1C=CC=CC1)c1ccc(N(C)C)nc1. The van der Waals surface area contributed by atoms with Gasteiger partial charge in [0.2, 0.25) is 5.91 Å². The topological polar surface area (TPSA) is 45.2 Å². The summed E-state index contributed by atoms with van der Waals surface area (Å²) < 4.78 is 0. The number of nitrogens with one attached hydrogen (secondary N) is 1. The van der Waals surface area contributed by atoms with E-state index in [0.717, 1.165) is 24.2 Å². The van der Waals surface area contributed by atoms with Crippen molar-refractivity contribution in [2.24, 2.45) is 17.8 Å². The standard InChI is InChI=1S/C19H25N3O/c1-13(15-9-10-18(20-12-15)22(2)3)21-19(23)17-11-16(17)14-7-5-4-6-8-14/h4-7,9-10,12-14,16-17H,8,11H2,1-3H3,(H,21,23)/t13-,14?,16+,17-/m0/s1. The zero-order chi connectivity index (χ0) is 16.4. The van der Waals surface area contributed by atoms with Crippen LogP contribution in [0.15, 0.2) is 42.6 Å². The minimum atomic E-state index is -0.00532. The molecule has 2 aliphatic rings. The number of allylic oxidation sites excluding steroid dienone is 4. The number of pyridine rings is 1. The Morgan fingerprint density at radius 2 is 2.17 bits per heavy atom. The lowest BCUT2D eigenvalue weighted by atomic mass is 9.94. The Bertz CT molecular complexity index is 618. The number of hydrogen-bond acceptors (Lipinski definition) is 3. The van der Waals surface area contributed by atoms with E-state index in [0.29, 0.717) is 11.8 Å². The van der Waals surface area contributed by atoms with E-state index in [-0.39, 0.29) is 17.9 Å². The summed E-state index contributed by atoms with van der Waals surface area (Å²) in [6.07, 6.45) is 12.5. The largest absolute Gasteiger partial charge is 0.363 e. The van der Waals surface area contributed by atoms with Crippen molar-refractivity contribution >= 4 is 11.7 Å². The van der Waals surface area contributed by atoms with Crippen LogP contribution in [0.25, 0.3) is 0 Å². The predicted octanol–water partition coefficient (Wildman–Crippen LogP) is 3.09. The summed E-state index contributed by atoms with van der Waals surface area (Å²) in [5.41, 5.74) is 1.04. The van der Waals surface area contributed by atoms with Gasteiger partial charge in [-0.1, -0.05) is 30.4 Å². The van der Waals surface area contributed by atoms with Crippen LogP contribution in [-0.2, 0) is 4.79 Å². The van der Waals surface area contributed by atoms with Gasteiger partial charge >= 0.3 is 0 Å². The molecule has 1 fully saturated rings. The first-order valence-corrected chi connectivity index (χ1v) is 8.33. The maximum absolute atomic E-state index is 12.4. The molecule has 0 spiro atoms. The molecule has 4 heteroatoms. The minimum absolute atomic E-state index is 0.00532. The summed E-state index contributed by atoms with van der Waals surface area (Å²) in [5.74, 6) is 2.33. The second kappa shape index (κ2) is 6.57. The normalized spacial score (nSPS) is 26.7. The van der Waals surface area contributed by atoms with Crippen LogP contribution in [0.2, 0.25) is 0 Å². The summed E-state index contributed by atoms with van der Waals surface area (Å²) in [6.45, 7) is 2.02.